The Balaban J connectivity index is 1.57. The molecule has 0 bridgehead atoms. The van der Waals surface area contributed by atoms with Crippen molar-refractivity contribution in [2.24, 2.45) is 0 Å². The summed E-state index contributed by atoms with van der Waals surface area (Å²) in [6, 6.07) is 0.0485. The van der Waals surface area contributed by atoms with E-state index in [0.717, 1.165) is 32.1 Å². The Morgan fingerprint density at radius 1 is 1.30 bits per heavy atom. The summed E-state index contributed by atoms with van der Waals surface area (Å²) in [6.07, 6.45) is 1.11. The molecule has 2 aromatic heterocycles. The van der Waals surface area contributed by atoms with Crippen molar-refractivity contribution < 1.29 is 19.7 Å². The SMILES string of the molecule is Nc1nc2c(ncn2[C@@H]2O[C@H](C(=O)NC3CCCCC3)[C@@H](O)[C@H]2O)c(=O)[nH]1. The minimum absolute atomic E-state index is 0.0181. The second kappa shape index (κ2) is 6.91. The first-order valence-electron chi connectivity index (χ1n) is 9.00. The first kappa shape index (κ1) is 17.9. The van der Waals surface area contributed by atoms with E-state index in [1.807, 2.05) is 0 Å². The van der Waals surface area contributed by atoms with Gasteiger partial charge in [-0.25, -0.2) is 4.98 Å². The molecule has 4 atom stereocenters. The van der Waals surface area contributed by atoms with E-state index in [-0.39, 0.29) is 23.2 Å². The molecule has 11 heteroatoms. The van der Waals surface area contributed by atoms with Gasteiger partial charge in [0.05, 0.1) is 6.33 Å². The molecule has 4 rings (SSSR count). The summed E-state index contributed by atoms with van der Waals surface area (Å²) in [4.78, 5) is 34.7. The Hall–Kier alpha value is -2.50. The molecule has 0 spiro atoms. The van der Waals surface area contributed by atoms with Gasteiger partial charge in [-0.15, -0.1) is 0 Å². The van der Waals surface area contributed by atoms with Crippen molar-refractivity contribution in [2.75, 3.05) is 5.73 Å². The highest BCUT2D eigenvalue weighted by Crippen LogP contribution is 2.31. The Morgan fingerprint density at radius 2 is 2.04 bits per heavy atom. The van der Waals surface area contributed by atoms with Crippen molar-refractivity contribution in [3.8, 4) is 0 Å². The number of H-pyrrole nitrogens is 1. The maximum atomic E-state index is 12.5. The molecule has 11 nitrogen and oxygen atoms in total. The number of nitrogens with two attached hydrogens (primary N) is 1. The van der Waals surface area contributed by atoms with Crippen LogP contribution in [0.3, 0.4) is 0 Å². The molecule has 27 heavy (non-hydrogen) atoms. The second-order valence-electron chi connectivity index (χ2n) is 7.05. The quantitative estimate of drug-likeness (QED) is 0.442. The fourth-order valence-electron chi connectivity index (χ4n) is 3.77. The van der Waals surface area contributed by atoms with Crippen molar-refractivity contribution in [2.45, 2.75) is 62.7 Å². The van der Waals surface area contributed by atoms with Crippen LogP contribution >= 0.6 is 0 Å². The predicted molar refractivity (Wildman–Crippen MR) is 93.5 cm³/mol. The Bertz CT molecular complexity index is 904. The first-order chi connectivity index (χ1) is 13.0. The van der Waals surface area contributed by atoms with Gasteiger partial charge in [0.15, 0.2) is 23.5 Å². The number of aromatic nitrogens is 4. The van der Waals surface area contributed by atoms with Crippen molar-refractivity contribution in [3.63, 3.8) is 0 Å². The number of aromatic amines is 1. The number of ether oxygens (including phenoxy) is 1. The van der Waals surface area contributed by atoms with Crippen LogP contribution in [0.2, 0.25) is 0 Å². The lowest BCUT2D eigenvalue weighted by Gasteiger charge is -2.24. The molecule has 1 aliphatic carbocycles. The van der Waals surface area contributed by atoms with E-state index >= 15 is 0 Å². The number of amides is 1. The van der Waals surface area contributed by atoms with Crippen LogP contribution < -0.4 is 16.6 Å². The highest BCUT2D eigenvalue weighted by molar-refractivity contribution is 5.82. The Morgan fingerprint density at radius 3 is 2.78 bits per heavy atom. The Labute approximate surface area is 153 Å². The number of imidazole rings is 1. The minimum atomic E-state index is -1.42. The normalized spacial score (nSPS) is 29.3. The van der Waals surface area contributed by atoms with E-state index in [0.29, 0.717) is 0 Å². The summed E-state index contributed by atoms with van der Waals surface area (Å²) < 4.78 is 6.93. The number of hydrogen-bond acceptors (Lipinski definition) is 8. The molecule has 0 radical (unpaired) electrons. The molecule has 0 unspecified atom stereocenters. The van der Waals surface area contributed by atoms with E-state index in [1.54, 1.807) is 0 Å². The number of fused-ring (bicyclic) bond motifs is 1. The van der Waals surface area contributed by atoms with Crippen LogP contribution in [-0.4, -0.2) is 60.0 Å². The molecular weight excluding hydrogens is 356 g/mol. The van der Waals surface area contributed by atoms with E-state index < -0.39 is 36.0 Å². The molecule has 1 amide bonds. The molecular formula is C16H22N6O5. The lowest BCUT2D eigenvalue weighted by Crippen LogP contribution is -2.47. The highest BCUT2D eigenvalue weighted by Gasteiger charge is 2.48. The lowest BCUT2D eigenvalue weighted by atomic mass is 9.95. The summed E-state index contributed by atoms with van der Waals surface area (Å²) in [5.41, 5.74) is 5.15. The number of carbonyl (C=O) groups excluding carboxylic acids is 1. The number of anilines is 1. The smallest absolute Gasteiger partial charge is 0.280 e. The van der Waals surface area contributed by atoms with Gasteiger partial charge in [0.2, 0.25) is 5.95 Å². The average Bonchev–Trinajstić information content (AvgIpc) is 3.18. The van der Waals surface area contributed by atoms with E-state index in [9.17, 15) is 19.8 Å². The number of carbonyl (C=O) groups is 1. The molecule has 1 saturated heterocycles. The zero-order valence-electron chi connectivity index (χ0n) is 14.5. The van der Waals surface area contributed by atoms with Gasteiger partial charge in [-0.2, -0.15) is 4.98 Å². The minimum Gasteiger partial charge on any atom is -0.387 e. The fraction of sp³-hybridized carbons (Fsp3) is 0.625. The second-order valence-corrected chi connectivity index (χ2v) is 7.05. The van der Waals surface area contributed by atoms with Crippen molar-refractivity contribution >= 4 is 23.0 Å². The molecule has 2 aliphatic rings. The molecule has 1 aliphatic heterocycles. The number of nitrogens with one attached hydrogen (secondary N) is 2. The fourth-order valence-corrected chi connectivity index (χ4v) is 3.77. The molecule has 3 heterocycles. The third-order valence-corrected chi connectivity index (χ3v) is 5.17. The van der Waals surface area contributed by atoms with Crippen LogP contribution in [-0.2, 0) is 9.53 Å². The zero-order chi connectivity index (χ0) is 19.1. The number of aliphatic hydroxyl groups excluding tert-OH is 2. The van der Waals surface area contributed by atoms with Crippen molar-refractivity contribution in [1.82, 2.24) is 24.8 Å². The summed E-state index contributed by atoms with van der Waals surface area (Å²) in [5, 5.41) is 23.6. The van der Waals surface area contributed by atoms with E-state index in [1.165, 1.54) is 10.9 Å². The van der Waals surface area contributed by atoms with E-state index in [4.69, 9.17) is 10.5 Å². The number of rotatable bonds is 3. The van der Waals surface area contributed by atoms with Crippen LogP contribution in [0.25, 0.3) is 11.2 Å². The van der Waals surface area contributed by atoms with Gasteiger partial charge in [0.1, 0.15) is 12.2 Å². The van der Waals surface area contributed by atoms with Gasteiger partial charge >= 0.3 is 0 Å². The predicted octanol–water partition coefficient (Wildman–Crippen LogP) is -1.23. The summed E-state index contributed by atoms with van der Waals surface area (Å²) >= 11 is 0. The topological polar surface area (TPSA) is 168 Å². The number of nitrogens with zero attached hydrogens (tertiary/aromatic N) is 3. The van der Waals surface area contributed by atoms with Crippen LogP contribution in [0.4, 0.5) is 5.95 Å². The monoisotopic (exact) mass is 378 g/mol. The number of nitrogen functional groups attached to an aromatic ring is 1. The van der Waals surface area contributed by atoms with Gasteiger partial charge in [-0.05, 0) is 12.8 Å². The third kappa shape index (κ3) is 3.17. The van der Waals surface area contributed by atoms with Gasteiger partial charge in [-0.1, -0.05) is 19.3 Å². The maximum absolute atomic E-state index is 12.5. The largest absolute Gasteiger partial charge is 0.387 e. The molecule has 2 fully saturated rings. The molecule has 0 aromatic carbocycles. The maximum Gasteiger partial charge on any atom is 0.280 e. The summed E-state index contributed by atoms with van der Waals surface area (Å²) in [7, 11) is 0. The lowest BCUT2D eigenvalue weighted by molar-refractivity contribution is -0.138. The van der Waals surface area contributed by atoms with Crippen molar-refractivity contribution in [3.05, 3.63) is 16.7 Å². The number of hydrogen-bond donors (Lipinski definition) is 5. The molecule has 1 saturated carbocycles. The van der Waals surface area contributed by atoms with Crippen molar-refractivity contribution in [1.29, 1.82) is 0 Å². The number of aliphatic hydroxyl groups is 2. The summed E-state index contributed by atoms with van der Waals surface area (Å²) in [5.74, 6) is -0.584. The summed E-state index contributed by atoms with van der Waals surface area (Å²) in [6.45, 7) is 0. The van der Waals surface area contributed by atoms with Crippen LogP contribution in [0.15, 0.2) is 11.1 Å². The standard InChI is InChI=1S/C16H22N6O5/c17-16-20-12-8(13(25)21-16)18-6-22(12)15-10(24)9(23)11(27-15)14(26)19-7-4-2-1-3-5-7/h6-7,9-11,15,23-24H,1-5H2,(H,19,26)(H3,17,20,21,25)/t9-,10+,11-,15+/m0/s1. The zero-order valence-corrected chi connectivity index (χ0v) is 14.5. The van der Waals surface area contributed by atoms with Gasteiger partial charge in [0, 0.05) is 6.04 Å². The molecule has 2 aromatic rings. The Kier molecular flexibility index (Phi) is 4.58. The van der Waals surface area contributed by atoms with Crippen LogP contribution in [0, 0.1) is 0 Å². The first-order valence-corrected chi connectivity index (χ1v) is 9.00. The third-order valence-electron chi connectivity index (χ3n) is 5.17. The molecule has 6 N–H and O–H groups in total. The highest BCUT2D eigenvalue weighted by atomic mass is 16.6. The van der Waals surface area contributed by atoms with E-state index in [2.05, 4.69) is 20.3 Å². The van der Waals surface area contributed by atoms with Gasteiger partial charge in [0.25, 0.3) is 11.5 Å². The average molecular weight is 378 g/mol. The van der Waals surface area contributed by atoms with Gasteiger partial charge < -0.3 is 26.0 Å². The van der Waals surface area contributed by atoms with Crippen LogP contribution in [0.1, 0.15) is 38.3 Å². The van der Waals surface area contributed by atoms with Crippen LogP contribution in [0.5, 0.6) is 0 Å². The van der Waals surface area contributed by atoms with Gasteiger partial charge in [-0.3, -0.25) is 19.1 Å². The molecule has 146 valence electrons.